The third-order valence-electron chi connectivity index (χ3n) is 5.74. The van der Waals surface area contributed by atoms with Gasteiger partial charge in [0.25, 0.3) is 11.4 Å². The highest BCUT2D eigenvalue weighted by Gasteiger charge is 2.20. The summed E-state index contributed by atoms with van der Waals surface area (Å²) in [5, 5.41) is 29.5. The van der Waals surface area contributed by atoms with Crippen molar-refractivity contribution in [1.29, 1.82) is 0 Å². The minimum absolute atomic E-state index is 0.0812. The van der Waals surface area contributed by atoms with Crippen LogP contribution in [0.25, 0.3) is 0 Å². The van der Waals surface area contributed by atoms with Gasteiger partial charge in [0.05, 0.1) is 16.0 Å². The van der Waals surface area contributed by atoms with E-state index >= 15 is 0 Å². The van der Waals surface area contributed by atoms with E-state index in [1.165, 1.54) is 12.1 Å². The molecule has 2 aliphatic carbocycles. The number of ether oxygens (including phenoxy) is 1. The van der Waals surface area contributed by atoms with Crippen molar-refractivity contribution >= 4 is 11.4 Å². The molecule has 35 heavy (non-hydrogen) atoms. The summed E-state index contributed by atoms with van der Waals surface area (Å²) in [4.78, 5) is 19.5. The fraction of sp³-hybridized carbons (Fsp3) is 0.500. The first-order chi connectivity index (χ1) is 16.6. The molecule has 0 aromatic heterocycles. The van der Waals surface area contributed by atoms with Crippen LogP contribution in [0.1, 0.15) is 51.4 Å². The molecule has 192 valence electrons. The number of aliphatic hydroxyl groups excluding tert-OH is 1. The number of aliphatic hydroxyl groups is 1. The van der Waals surface area contributed by atoms with Crippen LogP contribution in [-0.4, -0.2) is 39.2 Å². The number of benzene rings is 2. The Hall–Kier alpha value is -3.15. The fourth-order valence-electron chi connectivity index (χ4n) is 3.89. The lowest BCUT2D eigenvalue weighted by Crippen LogP contribution is -2.33. The van der Waals surface area contributed by atoms with Crippen LogP contribution in [0.2, 0.25) is 0 Å². The first-order valence-corrected chi connectivity index (χ1v) is 11.6. The van der Waals surface area contributed by atoms with E-state index in [1.807, 2.05) is 0 Å². The second kappa shape index (κ2) is 14.3. The predicted molar refractivity (Wildman–Crippen MR) is 129 cm³/mol. The molecule has 0 radical (unpaired) electrons. The Labute approximate surface area is 203 Å². The van der Waals surface area contributed by atoms with Gasteiger partial charge in [-0.1, -0.05) is 0 Å². The number of halogens is 1. The summed E-state index contributed by atoms with van der Waals surface area (Å²) < 4.78 is 17.9. The molecule has 4 atom stereocenters. The van der Waals surface area contributed by atoms with Crippen LogP contribution in [0, 0.1) is 26.0 Å². The zero-order chi connectivity index (χ0) is 25.8. The smallest absolute Gasteiger partial charge is 0.269 e. The number of hydrogen-bond donors (Lipinski definition) is 3. The summed E-state index contributed by atoms with van der Waals surface area (Å²) in [5.74, 6) is 0.209. The molecule has 5 N–H and O–H groups in total. The Balaban J connectivity index is 0.000000204. The van der Waals surface area contributed by atoms with Gasteiger partial charge in [-0.2, -0.15) is 0 Å². The molecule has 0 bridgehead atoms. The number of hydrogen-bond acceptors (Lipinski definition) is 8. The normalized spacial score (nSPS) is 23.5. The number of non-ortho nitro benzene ring substituents is 2. The molecular weight excluding hydrogens is 459 g/mol. The van der Waals surface area contributed by atoms with Crippen molar-refractivity contribution in [3.8, 4) is 5.75 Å². The van der Waals surface area contributed by atoms with Crippen molar-refractivity contribution in [2.75, 3.05) is 0 Å². The Bertz CT molecular complexity index is 921. The zero-order valence-corrected chi connectivity index (χ0v) is 19.5. The van der Waals surface area contributed by atoms with Crippen LogP contribution < -0.4 is 16.2 Å². The number of nitro groups is 2. The van der Waals surface area contributed by atoms with Gasteiger partial charge in [0.15, 0.2) is 0 Å². The second-order valence-corrected chi connectivity index (χ2v) is 8.73. The lowest BCUT2D eigenvalue weighted by Gasteiger charge is -2.27. The zero-order valence-electron chi connectivity index (χ0n) is 19.5. The van der Waals surface area contributed by atoms with Gasteiger partial charge in [0.2, 0.25) is 0 Å². The van der Waals surface area contributed by atoms with Gasteiger partial charge in [0, 0.05) is 36.3 Å². The average molecular weight is 493 g/mol. The van der Waals surface area contributed by atoms with Crippen LogP contribution in [0.4, 0.5) is 15.8 Å². The highest BCUT2D eigenvalue weighted by Crippen LogP contribution is 2.24. The van der Waals surface area contributed by atoms with Crippen LogP contribution in [0.5, 0.6) is 5.75 Å². The molecular formula is C24H33FN4O6. The Morgan fingerprint density at radius 2 is 1.29 bits per heavy atom. The molecule has 0 unspecified atom stereocenters. The molecule has 2 aromatic rings. The summed E-state index contributed by atoms with van der Waals surface area (Å²) in [6.07, 6.45) is 7.98. The summed E-state index contributed by atoms with van der Waals surface area (Å²) in [6.45, 7) is 0. The monoisotopic (exact) mass is 492 g/mol. The van der Waals surface area contributed by atoms with Gasteiger partial charge in [-0.25, -0.2) is 4.39 Å². The van der Waals surface area contributed by atoms with E-state index in [0.29, 0.717) is 5.75 Å². The molecule has 0 heterocycles. The second-order valence-electron chi connectivity index (χ2n) is 8.73. The van der Waals surface area contributed by atoms with E-state index in [4.69, 9.17) is 21.3 Å². The average Bonchev–Trinajstić information content (AvgIpc) is 2.80. The maximum atomic E-state index is 12.1. The highest BCUT2D eigenvalue weighted by molar-refractivity contribution is 5.36. The maximum absolute atomic E-state index is 12.1. The molecule has 0 amide bonds. The molecule has 11 heteroatoms. The van der Waals surface area contributed by atoms with Crippen LogP contribution in [0.3, 0.4) is 0 Å². The third kappa shape index (κ3) is 10.8. The van der Waals surface area contributed by atoms with E-state index in [-0.39, 0.29) is 35.7 Å². The summed E-state index contributed by atoms with van der Waals surface area (Å²) in [5.41, 5.74) is 11.4. The van der Waals surface area contributed by atoms with Crippen LogP contribution in [-0.2, 0) is 0 Å². The Kier molecular flexibility index (Phi) is 11.5. The first-order valence-electron chi connectivity index (χ1n) is 11.6. The Morgan fingerprint density at radius 3 is 1.71 bits per heavy atom. The molecule has 2 aromatic carbocycles. The van der Waals surface area contributed by atoms with Crippen molar-refractivity contribution in [1.82, 2.24) is 0 Å². The van der Waals surface area contributed by atoms with E-state index < -0.39 is 15.7 Å². The molecule has 2 aliphatic rings. The van der Waals surface area contributed by atoms with E-state index in [0.717, 1.165) is 75.6 Å². The summed E-state index contributed by atoms with van der Waals surface area (Å²) in [7, 11) is 0. The standard InChI is InChI=1S/C12H16N2O3.C6H4FNO2.C6H13NO/c13-9-2-1-3-12(8-9)17-11-6-4-10(5-7-11)14(15)16;7-5-1-3-6(4-2-5)8(9)10;7-5-2-1-3-6(8)4-5/h4-7,9,12H,1-3,8,13H2;1-4H;5-6,8H,1-4,7H2/t9-,12-;;5-,6-/m1.1/s1. The van der Waals surface area contributed by atoms with Crippen molar-refractivity contribution in [3.05, 3.63) is 74.6 Å². The number of nitrogens with two attached hydrogens (primary N) is 2. The largest absolute Gasteiger partial charge is 0.490 e. The van der Waals surface area contributed by atoms with Crippen molar-refractivity contribution in [2.24, 2.45) is 11.5 Å². The quantitative estimate of drug-likeness (QED) is 0.421. The van der Waals surface area contributed by atoms with Gasteiger partial charge >= 0.3 is 0 Å². The molecule has 0 spiro atoms. The highest BCUT2D eigenvalue weighted by atomic mass is 19.1. The topological polar surface area (TPSA) is 168 Å². The van der Waals surface area contributed by atoms with Crippen molar-refractivity contribution in [3.63, 3.8) is 0 Å². The summed E-state index contributed by atoms with van der Waals surface area (Å²) in [6, 6.07) is 11.0. The van der Waals surface area contributed by atoms with E-state index in [9.17, 15) is 24.6 Å². The SMILES string of the molecule is N[C@@H]1CCC[C@@H](O)C1.N[C@@H]1CCC[C@@H](Oc2ccc([N+](=O)[O-])cc2)C1.O=[N+]([O-])c1ccc(F)cc1. The van der Waals surface area contributed by atoms with Gasteiger partial charge in [-0.3, -0.25) is 20.2 Å². The van der Waals surface area contributed by atoms with Crippen LogP contribution >= 0.6 is 0 Å². The minimum atomic E-state index is -0.570. The van der Waals surface area contributed by atoms with E-state index in [1.54, 1.807) is 12.1 Å². The van der Waals surface area contributed by atoms with Gasteiger partial charge in [-0.15, -0.1) is 0 Å². The molecule has 2 saturated carbocycles. The molecule has 4 rings (SSSR count). The van der Waals surface area contributed by atoms with Crippen molar-refractivity contribution in [2.45, 2.75) is 75.7 Å². The molecule has 2 fully saturated rings. The van der Waals surface area contributed by atoms with E-state index in [2.05, 4.69) is 0 Å². The van der Waals surface area contributed by atoms with Crippen molar-refractivity contribution < 1.29 is 24.1 Å². The molecule has 0 saturated heterocycles. The van der Waals surface area contributed by atoms with Gasteiger partial charge < -0.3 is 21.3 Å². The minimum Gasteiger partial charge on any atom is -0.490 e. The van der Waals surface area contributed by atoms with Crippen LogP contribution in [0.15, 0.2) is 48.5 Å². The van der Waals surface area contributed by atoms with Gasteiger partial charge in [-0.05, 0) is 75.6 Å². The molecule has 0 aliphatic heterocycles. The number of nitro benzene ring substituents is 2. The first kappa shape index (κ1) is 28.1. The number of nitrogens with zero attached hydrogens (tertiary/aromatic N) is 2. The Morgan fingerprint density at radius 1 is 0.800 bits per heavy atom. The third-order valence-corrected chi connectivity index (χ3v) is 5.74. The lowest BCUT2D eigenvalue weighted by molar-refractivity contribution is -0.385. The lowest BCUT2D eigenvalue weighted by atomic mass is 9.93. The van der Waals surface area contributed by atoms with Gasteiger partial charge in [0.1, 0.15) is 17.7 Å². The fourth-order valence-corrected chi connectivity index (χ4v) is 3.89. The summed E-state index contributed by atoms with van der Waals surface area (Å²) >= 11 is 0. The molecule has 10 nitrogen and oxygen atoms in total. The maximum Gasteiger partial charge on any atom is 0.269 e. The predicted octanol–water partition coefficient (Wildman–Crippen LogP) is 4.23. The number of rotatable bonds is 4.